The molecule has 2 N–H and O–H groups in total. The number of hydrogen-bond donors (Lipinski definition) is 1. The predicted octanol–water partition coefficient (Wildman–Crippen LogP) is 0.849. The summed E-state index contributed by atoms with van der Waals surface area (Å²) >= 11 is 4.63. The molecule has 0 aliphatic rings. The van der Waals surface area contributed by atoms with Gasteiger partial charge in [-0.05, 0) is 19.2 Å². The average molecular weight is 101 g/mol. The Bertz CT molecular complexity index is 75.6. The van der Waals surface area contributed by atoms with Crippen LogP contribution < -0.4 is 5.73 Å². The van der Waals surface area contributed by atoms with Crippen LogP contribution in [0.1, 0.15) is 6.92 Å². The number of hydrogen-bond acceptors (Lipinski definition) is 2. The van der Waals surface area contributed by atoms with Crippen LogP contribution in [0.2, 0.25) is 0 Å². The minimum absolute atomic E-state index is 0.817. The standard InChI is InChI=1S/C4H7NS/c1-4(6)2-3-5/h2-3H,5H2,1H3/b3-2-. The van der Waals surface area contributed by atoms with Gasteiger partial charge in [-0.3, -0.25) is 0 Å². The Balaban J connectivity index is 3.30. The fraction of sp³-hybridized carbons (Fsp3) is 0.250. The van der Waals surface area contributed by atoms with Crippen molar-refractivity contribution in [1.82, 2.24) is 0 Å². The number of rotatable bonds is 1. The number of allylic oxidation sites excluding steroid dienone is 1. The van der Waals surface area contributed by atoms with Crippen molar-refractivity contribution in [2.75, 3.05) is 0 Å². The van der Waals surface area contributed by atoms with E-state index in [-0.39, 0.29) is 0 Å². The second-order valence-corrected chi connectivity index (χ2v) is 1.61. The van der Waals surface area contributed by atoms with Crippen LogP contribution in [0.25, 0.3) is 0 Å². The van der Waals surface area contributed by atoms with Crippen molar-refractivity contribution in [3.63, 3.8) is 0 Å². The third kappa shape index (κ3) is 3.63. The zero-order valence-corrected chi connectivity index (χ0v) is 4.46. The SMILES string of the molecule is CC(=S)/C=C\N. The van der Waals surface area contributed by atoms with Gasteiger partial charge in [0.25, 0.3) is 0 Å². The highest BCUT2D eigenvalue weighted by molar-refractivity contribution is 7.80. The molecule has 0 aromatic heterocycles. The number of nitrogens with two attached hydrogens (primary N) is 1. The van der Waals surface area contributed by atoms with E-state index in [2.05, 4.69) is 12.2 Å². The van der Waals surface area contributed by atoms with Crippen LogP contribution in [-0.2, 0) is 0 Å². The Kier molecular flexibility index (Phi) is 2.67. The normalized spacial score (nSPS) is 9.50. The molecule has 0 saturated heterocycles. The van der Waals surface area contributed by atoms with E-state index < -0.39 is 0 Å². The van der Waals surface area contributed by atoms with E-state index in [1.165, 1.54) is 6.20 Å². The van der Waals surface area contributed by atoms with Crippen LogP contribution in [0.3, 0.4) is 0 Å². The van der Waals surface area contributed by atoms with Gasteiger partial charge in [-0.25, -0.2) is 0 Å². The first-order chi connectivity index (χ1) is 2.77. The Morgan fingerprint density at radius 3 is 2.33 bits per heavy atom. The molecule has 0 radical (unpaired) electrons. The number of thiocarbonyl (C=S) groups is 1. The fourth-order valence-electron chi connectivity index (χ4n) is 0.136. The van der Waals surface area contributed by atoms with E-state index in [0.29, 0.717) is 0 Å². The predicted molar refractivity (Wildman–Crippen MR) is 31.6 cm³/mol. The van der Waals surface area contributed by atoms with Gasteiger partial charge >= 0.3 is 0 Å². The molecule has 34 valence electrons. The molecule has 1 nitrogen and oxygen atoms in total. The van der Waals surface area contributed by atoms with E-state index in [4.69, 9.17) is 5.73 Å². The van der Waals surface area contributed by atoms with Gasteiger partial charge in [0.05, 0.1) is 0 Å². The molecular formula is C4H7NS. The van der Waals surface area contributed by atoms with Crippen LogP contribution in [0.15, 0.2) is 12.3 Å². The quantitative estimate of drug-likeness (QED) is 0.391. The van der Waals surface area contributed by atoms with E-state index in [0.717, 1.165) is 4.86 Å². The Hall–Kier alpha value is -0.370. The molecular weight excluding hydrogens is 94.1 g/mol. The first kappa shape index (κ1) is 5.63. The van der Waals surface area contributed by atoms with Crippen molar-refractivity contribution in [3.8, 4) is 0 Å². The molecule has 0 spiro atoms. The first-order valence-electron chi connectivity index (χ1n) is 1.66. The molecule has 0 aromatic rings. The summed E-state index contributed by atoms with van der Waals surface area (Å²) in [4.78, 5) is 0.817. The average Bonchev–Trinajstić information content (AvgIpc) is 1.35. The molecule has 0 fully saturated rings. The molecule has 0 aliphatic carbocycles. The summed E-state index contributed by atoms with van der Waals surface area (Å²) in [6.45, 7) is 1.82. The molecule has 0 amide bonds. The van der Waals surface area contributed by atoms with Crippen LogP contribution >= 0.6 is 12.2 Å². The van der Waals surface area contributed by atoms with Crippen molar-refractivity contribution in [2.24, 2.45) is 5.73 Å². The molecule has 0 aliphatic heterocycles. The van der Waals surface area contributed by atoms with Gasteiger partial charge in [-0.2, -0.15) is 0 Å². The summed E-state index contributed by atoms with van der Waals surface area (Å²) in [7, 11) is 0. The summed E-state index contributed by atoms with van der Waals surface area (Å²) in [5, 5.41) is 0. The van der Waals surface area contributed by atoms with Gasteiger partial charge < -0.3 is 5.73 Å². The molecule has 0 unspecified atom stereocenters. The second kappa shape index (κ2) is 2.85. The summed E-state index contributed by atoms with van der Waals surface area (Å²) in [5.74, 6) is 0. The summed E-state index contributed by atoms with van der Waals surface area (Å²) < 4.78 is 0. The lowest BCUT2D eigenvalue weighted by molar-refractivity contribution is 1.62. The molecule has 2 heteroatoms. The van der Waals surface area contributed by atoms with Crippen LogP contribution in [0.4, 0.5) is 0 Å². The summed E-state index contributed by atoms with van der Waals surface area (Å²) in [6, 6.07) is 0. The van der Waals surface area contributed by atoms with Gasteiger partial charge in [0.15, 0.2) is 0 Å². The smallest absolute Gasteiger partial charge is 0.0135 e. The van der Waals surface area contributed by atoms with Gasteiger partial charge in [-0.15, -0.1) is 0 Å². The molecule has 0 aromatic carbocycles. The van der Waals surface area contributed by atoms with E-state index in [9.17, 15) is 0 Å². The van der Waals surface area contributed by atoms with E-state index >= 15 is 0 Å². The monoisotopic (exact) mass is 101 g/mol. The fourth-order valence-corrected chi connectivity index (χ4v) is 0.214. The van der Waals surface area contributed by atoms with Crippen molar-refractivity contribution < 1.29 is 0 Å². The van der Waals surface area contributed by atoms with Gasteiger partial charge in [0.1, 0.15) is 0 Å². The van der Waals surface area contributed by atoms with Crippen LogP contribution in [0, 0.1) is 0 Å². The maximum Gasteiger partial charge on any atom is 0.0135 e. The van der Waals surface area contributed by atoms with Gasteiger partial charge in [0, 0.05) is 4.86 Å². The highest BCUT2D eigenvalue weighted by Crippen LogP contribution is 1.71. The Morgan fingerprint density at radius 1 is 1.83 bits per heavy atom. The lowest BCUT2D eigenvalue weighted by Gasteiger charge is -1.73. The van der Waals surface area contributed by atoms with Crippen LogP contribution in [0.5, 0.6) is 0 Å². The maximum atomic E-state index is 4.96. The van der Waals surface area contributed by atoms with Gasteiger partial charge in [-0.1, -0.05) is 12.2 Å². The van der Waals surface area contributed by atoms with Gasteiger partial charge in [0.2, 0.25) is 0 Å². The third-order valence-corrected chi connectivity index (χ3v) is 0.467. The largest absolute Gasteiger partial charge is 0.405 e. The highest BCUT2D eigenvalue weighted by atomic mass is 32.1. The zero-order chi connectivity index (χ0) is 4.99. The second-order valence-electron chi connectivity index (χ2n) is 0.970. The summed E-state index contributed by atoms with van der Waals surface area (Å²) in [5.41, 5.74) is 4.96. The lowest BCUT2D eigenvalue weighted by atomic mass is 10.5. The minimum Gasteiger partial charge on any atom is -0.405 e. The van der Waals surface area contributed by atoms with Crippen molar-refractivity contribution >= 4 is 17.1 Å². The molecule has 0 heterocycles. The van der Waals surface area contributed by atoms with Crippen molar-refractivity contribution in [3.05, 3.63) is 12.3 Å². The van der Waals surface area contributed by atoms with Crippen molar-refractivity contribution in [2.45, 2.75) is 6.92 Å². The van der Waals surface area contributed by atoms with E-state index in [1.54, 1.807) is 6.08 Å². The van der Waals surface area contributed by atoms with Crippen molar-refractivity contribution in [1.29, 1.82) is 0 Å². The maximum absolute atomic E-state index is 4.96. The molecule has 0 atom stereocenters. The third-order valence-electron chi connectivity index (χ3n) is 0.331. The first-order valence-corrected chi connectivity index (χ1v) is 2.07. The Morgan fingerprint density at radius 2 is 2.33 bits per heavy atom. The molecule has 0 rings (SSSR count). The molecule has 0 bridgehead atoms. The van der Waals surface area contributed by atoms with Crippen LogP contribution in [-0.4, -0.2) is 4.86 Å². The van der Waals surface area contributed by atoms with E-state index in [1.807, 2.05) is 6.92 Å². The molecule has 6 heavy (non-hydrogen) atoms. The lowest BCUT2D eigenvalue weighted by Crippen LogP contribution is -1.80. The Labute approximate surface area is 42.8 Å². The summed E-state index contributed by atoms with van der Waals surface area (Å²) in [6.07, 6.45) is 3.11. The highest BCUT2D eigenvalue weighted by Gasteiger charge is 1.67. The topological polar surface area (TPSA) is 26.0 Å². The molecule has 0 saturated carbocycles. The zero-order valence-electron chi connectivity index (χ0n) is 3.64. The minimum atomic E-state index is 0.817.